The topological polar surface area (TPSA) is 57.5 Å². The molecule has 2 N–H and O–H groups in total. The maximum atomic E-state index is 12.9. The van der Waals surface area contributed by atoms with E-state index in [1.807, 2.05) is 0 Å². The highest BCUT2D eigenvalue weighted by Crippen LogP contribution is 2.59. The van der Waals surface area contributed by atoms with Crippen LogP contribution in [-0.4, -0.2) is 28.2 Å². The van der Waals surface area contributed by atoms with Crippen molar-refractivity contribution in [2.45, 2.75) is 97.7 Å². The van der Waals surface area contributed by atoms with Crippen LogP contribution < -0.4 is 0 Å². The van der Waals surface area contributed by atoms with Crippen LogP contribution in [0.1, 0.15) is 85.5 Å². The molecule has 168 valence electrons. The number of Topliss-reactive ketones (excluding diaryl/α,β-unsaturated/α-hetero) is 1. The lowest BCUT2D eigenvalue weighted by Crippen LogP contribution is -2.38. The first kappa shape index (κ1) is 23.5. The van der Waals surface area contributed by atoms with E-state index in [0.717, 1.165) is 36.8 Å². The Morgan fingerprint density at radius 1 is 1.23 bits per heavy atom. The lowest BCUT2D eigenvalue weighted by Gasteiger charge is -2.44. The van der Waals surface area contributed by atoms with Crippen molar-refractivity contribution in [1.82, 2.24) is 0 Å². The van der Waals surface area contributed by atoms with Crippen LogP contribution in [0.3, 0.4) is 0 Å². The summed E-state index contributed by atoms with van der Waals surface area (Å²) in [7, 11) is 0. The van der Waals surface area contributed by atoms with Crippen molar-refractivity contribution >= 4 is 5.78 Å². The van der Waals surface area contributed by atoms with E-state index in [2.05, 4.69) is 46.4 Å². The second-order valence-electron chi connectivity index (χ2n) is 10.9. The largest absolute Gasteiger partial charge is 0.393 e. The average molecular weight is 415 g/mol. The van der Waals surface area contributed by atoms with Gasteiger partial charge in [0.2, 0.25) is 0 Å². The fourth-order valence-corrected chi connectivity index (χ4v) is 6.45. The summed E-state index contributed by atoms with van der Waals surface area (Å²) in [6, 6.07) is 0. The van der Waals surface area contributed by atoms with E-state index in [1.54, 1.807) is 0 Å². The summed E-state index contributed by atoms with van der Waals surface area (Å²) in [6.07, 6.45) is 11.7. The van der Waals surface area contributed by atoms with E-state index in [4.69, 9.17) is 0 Å². The van der Waals surface area contributed by atoms with Gasteiger partial charge >= 0.3 is 0 Å². The molecule has 0 aliphatic heterocycles. The van der Waals surface area contributed by atoms with Gasteiger partial charge in [-0.15, -0.1) is 0 Å². The van der Waals surface area contributed by atoms with Crippen molar-refractivity contribution in [3.8, 4) is 0 Å². The van der Waals surface area contributed by atoms with Gasteiger partial charge in [0, 0.05) is 18.8 Å². The van der Waals surface area contributed by atoms with E-state index in [1.165, 1.54) is 24.8 Å². The molecule has 3 rings (SSSR count). The van der Waals surface area contributed by atoms with Crippen molar-refractivity contribution in [3.63, 3.8) is 0 Å². The summed E-state index contributed by atoms with van der Waals surface area (Å²) in [4.78, 5) is 12.9. The Bertz CT molecular complexity index is 716. The number of aliphatic hydroxyl groups excluding tert-OH is 2. The Morgan fingerprint density at radius 3 is 2.67 bits per heavy atom. The van der Waals surface area contributed by atoms with Gasteiger partial charge in [-0.1, -0.05) is 52.0 Å². The van der Waals surface area contributed by atoms with Crippen molar-refractivity contribution in [1.29, 1.82) is 0 Å². The van der Waals surface area contributed by atoms with Gasteiger partial charge < -0.3 is 10.2 Å². The van der Waals surface area contributed by atoms with Gasteiger partial charge in [0.15, 0.2) is 0 Å². The van der Waals surface area contributed by atoms with Gasteiger partial charge in [-0.3, -0.25) is 4.79 Å². The molecule has 0 spiro atoms. The lowest BCUT2D eigenvalue weighted by atomic mass is 9.60. The van der Waals surface area contributed by atoms with Gasteiger partial charge in [0.1, 0.15) is 5.78 Å². The summed E-state index contributed by atoms with van der Waals surface area (Å²) < 4.78 is 0. The molecule has 3 nitrogen and oxygen atoms in total. The Balaban J connectivity index is 1.75. The van der Waals surface area contributed by atoms with E-state index >= 15 is 0 Å². The minimum atomic E-state index is -0.636. The molecule has 0 unspecified atom stereocenters. The molecule has 30 heavy (non-hydrogen) atoms. The molecule has 0 aromatic heterocycles. The molecular weight excluding hydrogens is 372 g/mol. The molecule has 0 aromatic rings. The summed E-state index contributed by atoms with van der Waals surface area (Å²) >= 11 is 0. The SMILES string of the molecule is C=C1/C(=C\C=C2/CCC[C@]3(C)[C@@H]([C@H](C)C(=O)CCC(C)C)CC[C@@H]23)C[C@@H](O)C[C@@H]1O. The molecule has 3 saturated carbocycles. The first-order valence-electron chi connectivity index (χ1n) is 12.1. The molecule has 3 fully saturated rings. The predicted molar refractivity (Wildman–Crippen MR) is 123 cm³/mol. The maximum absolute atomic E-state index is 12.9. The highest BCUT2D eigenvalue weighted by Gasteiger charge is 2.51. The van der Waals surface area contributed by atoms with Crippen molar-refractivity contribution in [2.24, 2.45) is 29.1 Å². The zero-order chi connectivity index (χ0) is 22.1. The normalized spacial score (nSPS) is 38.3. The molecule has 0 radical (unpaired) electrons. The van der Waals surface area contributed by atoms with Gasteiger partial charge in [-0.05, 0) is 79.3 Å². The highest BCUT2D eigenvalue weighted by molar-refractivity contribution is 5.81. The molecule has 0 amide bonds. The molecular formula is C27H42O3. The number of carbonyl (C=O) groups excluding carboxylic acids is 1. The standard InChI is InChI=1S/C27H42O3/c1-17(2)8-13-25(29)19(4)23-11-12-24-20(7-6-14-27(23,24)5)9-10-21-15-22(28)16-26(30)18(21)3/h9-10,17,19,22-24,26,28,30H,3,6-8,11-16H2,1-2,4-5H3/b20-9+,21-10-/t19-,22+,23+,24-,26-,27+/m0/s1. The molecule has 6 atom stereocenters. The first-order valence-corrected chi connectivity index (χ1v) is 12.1. The van der Waals surface area contributed by atoms with E-state index in [9.17, 15) is 15.0 Å². The third-order valence-electron chi connectivity index (χ3n) is 8.38. The number of fused-ring (bicyclic) bond motifs is 1. The van der Waals surface area contributed by atoms with Crippen LogP contribution in [0, 0.1) is 29.1 Å². The lowest BCUT2D eigenvalue weighted by molar-refractivity contribution is -0.126. The zero-order valence-corrected chi connectivity index (χ0v) is 19.5. The van der Waals surface area contributed by atoms with Gasteiger partial charge in [0.05, 0.1) is 12.2 Å². The molecule has 3 aliphatic carbocycles. The Kier molecular flexibility index (Phi) is 7.45. The van der Waals surface area contributed by atoms with E-state index in [0.29, 0.717) is 36.4 Å². The van der Waals surface area contributed by atoms with Gasteiger partial charge in [-0.2, -0.15) is 0 Å². The maximum Gasteiger partial charge on any atom is 0.136 e. The highest BCUT2D eigenvalue weighted by atomic mass is 16.3. The summed E-state index contributed by atoms with van der Waals surface area (Å²) in [5.41, 5.74) is 3.43. The summed E-state index contributed by atoms with van der Waals surface area (Å²) in [5, 5.41) is 20.1. The average Bonchev–Trinajstić information content (AvgIpc) is 3.04. The van der Waals surface area contributed by atoms with Crippen LogP contribution in [-0.2, 0) is 4.79 Å². The van der Waals surface area contributed by atoms with Crippen LogP contribution in [0.4, 0.5) is 0 Å². The number of hydrogen-bond acceptors (Lipinski definition) is 3. The van der Waals surface area contributed by atoms with E-state index < -0.39 is 12.2 Å². The molecule has 3 heteroatoms. The Morgan fingerprint density at radius 2 is 1.97 bits per heavy atom. The Labute approximate surface area is 183 Å². The fraction of sp³-hybridized carbons (Fsp3) is 0.741. The van der Waals surface area contributed by atoms with E-state index in [-0.39, 0.29) is 11.3 Å². The van der Waals surface area contributed by atoms with Crippen LogP contribution in [0.5, 0.6) is 0 Å². The smallest absolute Gasteiger partial charge is 0.136 e. The molecule has 3 aliphatic rings. The fourth-order valence-electron chi connectivity index (χ4n) is 6.45. The number of ketones is 1. The number of rotatable bonds is 6. The van der Waals surface area contributed by atoms with Crippen LogP contribution >= 0.6 is 0 Å². The minimum Gasteiger partial charge on any atom is -0.393 e. The molecule has 0 saturated heterocycles. The molecule has 0 heterocycles. The van der Waals surface area contributed by atoms with Gasteiger partial charge in [0.25, 0.3) is 0 Å². The van der Waals surface area contributed by atoms with Crippen LogP contribution in [0.2, 0.25) is 0 Å². The third-order valence-corrected chi connectivity index (χ3v) is 8.38. The second-order valence-corrected chi connectivity index (χ2v) is 10.9. The van der Waals surface area contributed by atoms with Crippen LogP contribution in [0.15, 0.2) is 35.5 Å². The quantitative estimate of drug-likeness (QED) is 0.580. The van der Waals surface area contributed by atoms with Crippen molar-refractivity contribution in [2.75, 3.05) is 0 Å². The number of aliphatic hydroxyl groups is 2. The zero-order valence-electron chi connectivity index (χ0n) is 19.5. The molecule has 0 aromatic carbocycles. The third kappa shape index (κ3) is 4.83. The Hall–Kier alpha value is -1.19. The summed E-state index contributed by atoms with van der Waals surface area (Å²) in [5.74, 6) is 2.21. The number of carbonyl (C=O) groups is 1. The first-order chi connectivity index (χ1) is 14.1. The monoisotopic (exact) mass is 414 g/mol. The van der Waals surface area contributed by atoms with Crippen molar-refractivity contribution in [3.05, 3.63) is 35.5 Å². The number of allylic oxidation sites excluding steroid dienone is 3. The molecule has 0 bridgehead atoms. The van der Waals surface area contributed by atoms with Gasteiger partial charge in [-0.25, -0.2) is 0 Å². The minimum absolute atomic E-state index is 0.153. The summed E-state index contributed by atoms with van der Waals surface area (Å²) in [6.45, 7) is 13.0. The second kappa shape index (κ2) is 9.53. The predicted octanol–water partition coefficient (Wildman–Crippen LogP) is 5.77. The van der Waals surface area contributed by atoms with Crippen molar-refractivity contribution < 1.29 is 15.0 Å². The van der Waals surface area contributed by atoms with Crippen LogP contribution in [0.25, 0.3) is 0 Å². The number of hydrogen-bond donors (Lipinski definition) is 2.